The van der Waals surface area contributed by atoms with Crippen LogP contribution in [0.15, 0.2) is 29.6 Å². The van der Waals surface area contributed by atoms with Gasteiger partial charge in [0.05, 0.1) is 16.0 Å². The Morgan fingerprint density at radius 2 is 2.08 bits per heavy atom. The van der Waals surface area contributed by atoms with Gasteiger partial charge in [0.25, 0.3) is 0 Å². The Hall–Kier alpha value is -1.42. The zero-order chi connectivity index (χ0) is 9.84. The van der Waals surface area contributed by atoms with Crippen molar-refractivity contribution < 1.29 is 4.79 Å². The molecule has 0 aliphatic carbocycles. The Bertz CT molecular complexity index is 341. The van der Waals surface area contributed by atoms with Crippen molar-refractivity contribution in [1.29, 1.82) is 0 Å². The summed E-state index contributed by atoms with van der Waals surface area (Å²) in [5.74, 6) is -0.469. The lowest BCUT2D eigenvalue weighted by atomic mass is 10.3. The quantitative estimate of drug-likeness (QED) is 0.541. The fourth-order valence-electron chi connectivity index (χ4n) is 0.895. The molecule has 0 atom stereocenters. The summed E-state index contributed by atoms with van der Waals surface area (Å²) in [7, 11) is 0. The van der Waals surface area contributed by atoms with Gasteiger partial charge in [-0.2, -0.15) is 5.01 Å². The van der Waals surface area contributed by atoms with Crippen LogP contribution in [0.1, 0.15) is 6.92 Å². The number of rotatable bonds is 2. The minimum Gasteiger partial charge on any atom is -0.273 e. The van der Waals surface area contributed by atoms with E-state index in [4.69, 9.17) is 11.6 Å². The van der Waals surface area contributed by atoms with Gasteiger partial charge in [-0.15, -0.1) is 4.91 Å². The Balaban J connectivity index is 3.12. The van der Waals surface area contributed by atoms with Crippen LogP contribution in [0.4, 0.5) is 5.69 Å². The number of para-hydroxylation sites is 1. The highest BCUT2D eigenvalue weighted by Crippen LogP contribution is 2.25. The molecule has 0 spiro atoms. The van der Waals surface area contributed by atoms with Crippen molar-refractivity contribution in [2.75, 3.05) is 5.01 Å². The molecule has 0 N–H and O–H groups in total. The van der Waals surface area contributed by atoms with Crippen LogP contribution in [0.25, 0.3) is 0 Å². The van der Waals surface area contributed by atoms with Gasteiger partial charge >= 0.3 is 0 Å². The van der Waals surface area contributed by atoms with Crippen LogP contribution in [0.3, 0.4) is 0 Å². The summed E-state index contributed by atoms with van der Waals surface area (Å²) in [5.41, 5.74) is 0.298. The van der Waals surface area contributed by atoms with E-state index in [1.807, 2.05) is 0 Å². The lowest BCUT2D eigenvalue weighted by Gasteiger charge is -2.11. The molecule has 13 heavy (non-hydrogen) atoms. The van der Waals surface area contributed by atoms with Gasteiger partial charge in [-0.05, 0) is 12.1 Å². The van der Waals surface area contributed by atoms with Gasteiger partial charge in [0, 0.05) is 6.92 Å². The molecule has 0 saturated heterocycles. The second-order valence-corrected chi connectivity index (χ2v) is 2.77. The molecule has 1 amide bonds. The van der Waals surface area contributed by atoms with E-state index in [1.165, 1.54) is 6.92 Å². The van der Waals surface area contributed by atoms with Crippen LogP contribution >= 0.6 is 11.6 Å². The lowest BCUT2D eigenvalue weighted by Crippen LogP contribution is -2.21. The molecule has 0 saturated carbocycles. The maximum absolute atomic E-state index is 10.9. The first kappa shape index (κ1) is 9.67. The third kappa shape index (κ3) is 2.03. The molecule has 0 radical (unpaired) electrons. The fourth-order valence-corrected chi connectivity index (χ4v) is 1.11. The molecule has 0 fully saturated rings. The van der Waals surface area contributed by atoms with E-state index in [0.29, 0.717) is 15.7 Å². The normalized spacial score (nSPS) is 9.38. The van der Waals surface area contributed by atoms with Gasteiger partial charge in [-0.1, -0.05) is 23.7 Å². The van der Waals surface area contributed by atoms with E-state index in [2.05, 4.69) is 5.29 Å². The number of halogens is 1. The van der Waals surface area contributed by atoms with Gasteiger partial charge in [0.2, 0.25) is 5.91 Å². The summed E-state index contributed by atoms with van der Waals surface area (Å²) in [6.07, 6.45) is 0. The zero-order valence-corrected chi connectivity index (χ0v) is 7.65. The first-order valence-corrected chi connectivity index (χ1v) is 3.93. The molecule has 0 unspecified atom stereocenters. The molecule has 1 aromatic rings. The summed E-state index contributed by atoms with van der Waals surface area (Å²) < 4.78 is 0. The van der Waals surface area contributed by atoms with Crippen LogP contribution in [-0.4, -0.2) is 5.91 Å². The number of nitroso groups, excluding NO2 is 1. The van der Waals surface area contributed by atoms with Crippen molar-refractivity contribution in [2.24, 2.45) is 5.29 Å². The molecule has 0 heterocycles. The maximum Gasteiger partial charge on any atom is 0.246 e. The molecular weight excluding hydrogens is 192 g/mol. The number of hydrogen-bond acceptors (Lipinski definition) is 3. The first-order valence-electron chi connectivity index (χ1n) is 3.55. The summed E-state index contributed by atoms with van der Waals surface area (Å²) in [5, 5.41) is 3.60. The number of benzene rings is 1. The second kappa shape index (κ2) is 4.00. The summed E-state index contributed by atoms with van der Waals surface area (Å²) in [6.45, 7) is 1.24. The predicted molar refractivity (Wildman–Crippen MR) is 50.4 cm³/mol. The number of nitrogens with zero attached hydrogens (tertiary/aromatic N) is 2. The van der Waals surface area contributed by atoms with Gasteiger partial charge in [-0.3, -0.25) is 4.79 Å². The topological polar surface area (TPSA) is 49.7 Å². The number of anilines is 1. The fraction of sp³-hybridized carbons (Fsp3) is 0.125. The third-order valence-corrected chi connectivity index (χ3v) is 1.78. The maximum atomic E-state index is 10.9. The van der Waals surface area contributed by atoms with Crippen molar-refractivity contribution in [1.82, 2.24) is 0 Å². The Kier molecular flexibility index (Phi) is 2.97. The summed E-state index contributed by atoms with van der Waals surface area (Å²) in [4.78, 5) is 21.2. The number of amides is 1. The molecule has 0 aliphatic rings. The Morgan fingerprint density at radius 3 is 2.54 bits per heavy atom. The van der Waals surface area contributed by atoms with Crippen molar-refractivity contribution in [3.8, 4) is 0 Å². The van der Waals surface area contributed by atoms with Crippen LogP contribution in [0.2, 0.25) is 5.02 Å². The van der Waals surface area contributed by atoms with Gasteiger partial charge in [-0.25, -0.2) is 0 Å². The SMILES string of the molecule is CC(=O)N(N=O)c1ccccc1Cl. The average molecular weight is 199 g/mol. The molecule has 1 aromatic carbocycles. The van der Waals surface area contributed by atoms with Gasteiger partial charge in [0.1, 0.15) is 0 Å². The molecule has 5 heteroatoms. The Morgan fingerprint density at radius 1 is 1.46 bits per heavy atom. The highest BCUT2D eigenvalue weighted by atomic mass is 35.5. The van der Waals surface area contributed by atoms with E-state index >= 15 is 0 Å². The van der Waals surface area contributed by atoms with Crippen molar-refractivity contribution >= 4 is 23.2 Å². The molecular formula is C8H7ClN2O2. The van der Waals surface area contributed by atoms with E-state index in [1.54, 1.807) is 24.3 Å². The van der Waals surface area contributed by atoms with Crippen molar-refractivity contribution in [3.63, 3.8) is 0 Å². The van der Waals surface area contributed by atoms with E-state index in [0.717, 1.165) is 0 Å². The monoisotopic (exact) mass is 198 g/mol. The largest absolute Gasteiger partial charge is 0.273 e. The third-order valence-electron chi connectivity index (χ3n) is 1.46. The molecule has 0 aromatic heterocycles. The van der Waals surface area contributed by atoms with Crippen molar-refractivity contribution in [3.05, 3.63) is 34.2 Å². The molecule has 0 bridgehead atoms. The van der Waals surface area contributed by atoms with Crippen LogP contribution in [0.5, 0.6) is 0 Å². The minimum absolute atomic E-state index is 0.298. The summed E-state index contributed by atoms with van der Waals surface area (Å²) >= 11 is 5.75. The molecule has 68 valence electrons. The highest BCUT2D eigenvalue weighted by Gasteiger charge is 2.13. The average Bonchev–Trinajstić information content (AvgIpc) is 2.09. The number of carbonyl (C=O) groups is 1. The Labute approximate surface area is 80.1 Å². The van der Waals surface area contributed by atoms with E-state index in [9.17, 15) is 9.70 Å². The van der Waals surface area contributed by atoms with E-state index < -0.39 is 5.91 Å². The summed E-state index contributed by atoms with van der Waals surface area (Å²) in [6, 6.07) is 6.50. The van der Waals surface area contributed by atoms with Crippen LogP contribution < -0.4 is 5.01 Å². The smallest absolute Gasteiger partial charge is 0.246 e. The first-order chi connectivity index (χ1) is 6.16. The van der Waals surface area contributed by atoms with Gasteiger partial charge < -0.3 is 0 Å². The van der Waals surface area contributed by atoms with Crippen molar-refractivity contribution in [2.45, 2.75) is 6.92 Å². The minimum atomic E-state index is -0.469. The highest BCUT2D eigenvalue weighted by molar-refractivity contribution is 6.33. The van der Waals surface area contributed by atoms with Gasteiger partial charge in [0.15, 0.2) is 0 Å². The lowest BCUT2D eigenvalue weighted by molar-refractivity contribution is -0.116. The van der Waals surface area contributed by atoms with E-state index in [-0.39, 0.29) is 0 Å². The molecule has 0 aliphatic heterocycles. The standard InChI is InChI=1S/C8H7ClN2O2/c1-6(12)11(10-13)8-5-3-2-4-7(8)9/h2-5H,1H3. The van der Waals surface area contributed by atoms with Crippen LogP contribution in [-0.2, 0) is 4.79 Å². The molecule has 1 rings (SSSR count). The number of hydrogen-bond donors (Lipinski definition) is 0. The zero-order valence-electron chi connectivity index (χ0n) is 6.90. The second-order valence-electron chi connectivity index (χ2n) is 2.36. The predicted octanol–water partition coefficient (Wildman–Crippen LogP) is 2.37. The number of carbonyl (C=O) groups excluding carboxylic acids is 1. The molecule has 4 nitrogen and oxygen atoms in total. The van der Waals surface area contributed by atoms with Crippen LogP contribution in [0, 0.1) is 4.91 Å².